The van der Waals surface area contributed by atoms with E-state index in [1.165, 1.54) is 11.6 Å². The molecule has 0 heterocycles. The third-order valence-electron chi connectivity index (χ3n) is 3.21. The van der Waals surface area contributed by atoms with Crippen molar-refractivity contribution in [2.75, 3.05) is 6.54 Å². The summed E-state index contributed by atoms with van der Waals surface area (Å²) in [6.45, 7) is 4.82. The van der Waals surface area contributed by atoms with Crippen LogP contribution in [0, 0.1) is 12.7 Å². The smallest absolute Gasteiger partial charge is 0.128 e. The number of benzene rings is 2. The van der Waals surface area contributed by atoms with Gasteiger partial charge < -0.3 is 5.32 Å². The minimum atomic E-state index is -0.198. The minimum Gasteiger partial charge on any atom is -0.306 e. The SMILES string of the molecule is CCNC(c1ccc(C)c(Br)c1)c1cc(Br)ccc1F. The predicted molar refractivity (Wildman–Crippen MR) is 88.5 cm³/mol. The number of rotatable bonds is 4. The maximum absolute atomic E-state index is 14.1. The van der Waals surface area contributed by atoms with Crippen LogP contribution in [0.25, 0.3) is 0 Å². The van der Waals surface area contributed by atoms with Crippen LogP contribution in [-0.2, 0) is 0 Å². The Labute approximate surface area is 135 Å². The Morgan fingerprint density at radius 2 is 1.90 bits per heavy atom. The highest BCUT2D eigenvalue weighted by molar-refractivity contribution is 9.10. The Morgan fingerprint density at radius 1 is 1.15 bits per heavy atom. The second kappa shape index (κ2) is 6.83. The average molecular weight is 401 g/mol. The molecule has 0 saturated carbocycles. The fraction of sp³-hybridized carbons (Fsp3) is 0.250. The molecule has 1 unspecified atom stereocenters. The molecule has 1 N–H and O–H groups in total. The molecule has 0 fully saturated rings. The number of halogens is 3. The van der Waals surface area contributed by atoms with Crippen molar-refractivity contribution in [3.63, 3.8) is 0 Å². The Hall–Kier alpha value is -0.710. The van der Waals surface area contributed by atoms with E-state index >= 15 is 0 Å². The molecule has 1 nitrogen and oxygen atoms in total. The van der Waals surface area contributed by atoms with Gasteiger partial charge >= 0.3 is 0 Å². The summed E-state index contributed by atoms with van der Waals surface area (Å²) >= 11 is 6.95. The molecule has 1 atom stereocenters. The van der Waals surface area contributed by atoms with Crippen molar-refractivity contribution in [2.24, 2.45) is 0 Å². The van der Waals surface area contributed by atoms with Crippen molar-refractivity contribution in [1.29, 1.82) is 0 Å². The third-order valence-corrected chi connectivity index (χ3v) is 4.55. The fourth-order valence-electron chi connectivity index (χ4n) is 2.14. The van der Waals surface area contributed by atoms with Crippen molar-refractivity contribution in [3.05, 3.63) is 67.9 Å². The quantitative estimate of drug-likeness (QED) is 0.728. The summed E-state index contributed by atoms with van der Waals surface area (Å²) in [5.74, 6) is -0.198. The van der Waals surface area contributed by atoms with Gasteiger partial charge in [0, 0.05) is 14.5 Å². The van der Waals surface area contributed by atoms with E-state index in [0.29, 0.717) is 5.56 Å². The lowest BCUT2D eigenvalue weighted by atomic mass is 9.97. The highest BCUT2D eigenvalue weighted by atomic mass is 79.9. The number of hydrogen-bond acceptors (Lipinski definition) is 1. The molecular weight excluding hydrogens is 385 g/mol. The van der Waals surface area contributed by atoms with Crippen LogP contribution in [0.3, 0.4) is 0 Å². The normalized spacial score (nSPS) is 12.4. The lowest BCUT2D eigenvalue weighted by Crippen LogP contribution is -2.23. The van der Waals surface area contributed by atoms with Gasteiger partial charge in [0.25, 0.3) is 0 Å². The Morgan fingerprint density at radius 3 is 2.55 bits per heavy atom. The zero-order valence-corrected chi connectivity index (χ0v) is 14.6. The molecule has 0 aromatic heterocycles. The maximum Gasteiger partial charge on any atom is 0.128 e. The molecule has 106 valence electrons. The van der Waals surface area contributed by atoms with Crippen LogP contribution >= 0.6 is 31.9 Å². The molecule has 20 heavy (non-hydrogen) atoms. The summed E-state index contributed by atoms with van der Waals surface area (Å²) in [7, 11) is 0. The van der Waals surface area contributed by atoms with Crippen LogP contribution in [0.15, 0.2) is 45.3 Å². The average Bonchev–Trinajstić information content (AvgIpc) is 2.42. The van der Waals surface area contributed by atoms with Crippen molar-refractivity contribution < 1.29 is 4.39 Å². The van der Waals surface area contributed by atoms with Gasteiger partial charge in [0.05, 0.1) is 6.04 Å². The largest absolute Gasteiger partial charge is 0.306 e. The molecule has 4 heteroatoms. The molecular formula is C16H16Br2FN. The van der Waals surface area contributed by atoms with Gasteiger partial charge in [-0.05, 0) is 48.9 Å². The molecule has 0 radical (unpaired) electrons. The maximum atomic E-state index is 14.1. The standard InChI is InChI=1S/C16H16Br2FN/c1-3-20-16(11-5-4-10(2)14(18)8-11)13-9-12(17)6-7-15(13)19/h4-9,16,20H,3H2,1-2H3. The predicted octanol–water partition coefficient (Wildman–Crippen LogP) is 5.36. The Kier molecular flexibility index (Phi) is 5.35. The minimum absolute atomic E-state index is 0.158. The van der Waals surface area contributed by atoms with E-state index in [0.717, 1.165) is 21.1 Å². The molecule has 2 rings (SSSR count). The monoisotopic (exact) mass is 399 g/mol. The lowest BCUT2D eigenvalue weighted by molar-refractivity contribution is 0.558. The Balaban J connectivity index is 2.49. The molecule has 2 aromatic rings. The lowest BCUT2D eigenvalue weighted by Gasteiger charge is -2.20. The molecule has 0 saturated heterocycles. The van der Waals surface area contributed by atoms with Crippen LogP contribution in [0.4, 0.5) is 4.39 Å². The molecule has 0 spiro atoms. The van der Waals surface area contributed by atoms with Crippen LogP contribution in [-0.4, -0.2) is 6.54 Å². The van der Waals surface area contributed by atoms with Gasteiger partial charge in [0.2, 0.25) is 0 Å². The first-order valence-corrected chi connectivity index (χ1v) is 8.06. The summed E-state index contributed by atoms with van der Waals surface area (Å²) in [5.41, 5.74) is 2.86. The van der Waals surface area contributed by atoms with Crippen LogP contribution in [0.2, 0.25) is 0 Å². The molecule has 0 aliphatic carbocycles. The van der Waals surface area contributed by atoms with Gasteiger partial charge in [0.15, 0.2) is 0 Å². The van der Waals surface area contributed by atoms with Crippen LogP contribution < -0.4 is 5.32 Å². The summed E-state index contributed by atoms with van der Waals surface area (Å²) in [4.78, 5) is 0. The summed E-state index contributed by atoms with van der Waals surface area (Å²) in [5, 5.41) is 3.35. The van der Waals surface area contributed by atoms with E-state index in [1.807, 2.05) is 38.1 Å². The molecule has 0 aliphatic rings. The fourth-order valence-corrected chi connectivity index (χ4v) is 2.91. The number of aryl methyl sites for hydroxylation is 1. The molecule has 0 bridgehead atoms. The number of nitrogens with one attached hydrogen (secondary N) is 1. The highest BCUT2D eigenvalue weighted by Gasteiger charge is 2.18. The molecule has 2 aromatic carbocycles. The first-order valence-electron chi connectivity index (χ1n) is 6.47. The van der Waals surface area contributed by atoms with Crippen molar-refractivity contribution in [3.8, 4) is 0 Å². The summed E-state index contributed by atoms with van der Waals surface area (Å²) in [6, 6.07) is 11.0. The zero-order valence-electron chi connectivity index (χ0n) is 11.4. The van der Waals surface area contributed by atoms with E-state index in [-0.39, 0.29) is 11.9 Å². The van der Waals surface area contributed by atoms with Gasteiger partial charge in [-0.25, -0.2) is 4.39 Å². The molecule has 0 amide bonds. The number of hydrogen-bond donors (Lipinski definition) is 1. The van der Waals surface area contributed by atoms with Gasteiger partial charge in [-0.15, -0.1) is 0 Å². The molecule has 0 aliphatic heterocycles. The first-order chi connectivity index (χ1) is 9.52. The van der Waals surface area contributed by atoms with E-state index in [4.69, 9.17) is 0 Å². The first kappa shape index (κ1) is 15.7. The van der Waals surface area contributed by atoms with Crippen molar-refractivity contribution in [2.45, 2.75) is 19.9 Å². The van der Waals surface area contributed by atoms with Gasteiger partial charge in [-0.2, -0.15) is 0 Å². The van der Waals surface area contributed by atoms with Crippen LogP contribution in [0.1, 0.15) is 29.7 Å². The van der Waals surface area contributed by atoms with E-state index in [1.54, 1.807) is 6.07 Å². The summed E-state index contributed by atoms with van der Waals surface area (Å²) < 4.78 is 16.0. The van der Waals surface area contributed by atoms with Crippen molar-refractivity contribution >= 4 is 31.9 Å². The van der Waals surface area contributed by atoms with Crippen LogP contribution in [0.5, 0.6) is 0 Å². The second-order valence-electron chi connectivity index (χ2n) is 4.67. The van der Waals surface area contributed by atoms with E-state index in [9.17, 15) is 4.39 Å². The zero-order chi connectivity index (χ0) is 14.7. The van der Waals surface area contributed by atoms with Gasteiger partial charge in [0.1, 0.15) is 5.82 Å². The van der Waals surface area contributed by atoms with E-state index < -0.39 is 0 Å². The summed E-state index contributed by atoms with van der Waals surface area (Å²) in [6.07, 6.45) is 0. The topological polar surface area (TPSA) is 12.0 Å². The van der Waals surface area contributed by atoms with Gasteiger partial charge in [-0.1, -0.05) is 50.9 Å². The second-order valence-corrected chi connectivity index (χ2v) is 6.44. The third kappa shape index (κ3) is 3.48. The Bertz CT molecular complexity index is 613. The van der Waals surface area contributed by atoms with E-state index in [2.05, 4.69) is 37.2 Å². The van der Waals surface area contributed by atoms with Crippen molar-refractivity contribution in [1.82, 2.24) is 5.32 Å². The highest BCUT2D eigenvalue weighted by Crippen LogP contribution is 2.29. The van der Waals surface area contributed by atoms with Gasteiger partial charge in [-0.3, -0.25) is 0 Å².